The van der Waals surface area contributed by atoms with Crippen molar-refractivity contribution < 1.29 is 39.2 Å². The van der Waals surface area contributed by atoms with Crippen LogP contribution in [0.3, 0.4) is 0 Å². The van der Waals surface area contributed by atoms with E-state index >= 15 is 0 Å². The van der Waals surface area contributed by atoms with E-state index in [2.05, 4.69) is 20.8 Å². The molecular formula is C32H44O8. The SMILES string of the molecule is CC1=C(C(=O)O[C@H]2/C(C)=C\C[C@H](C)C[C@@H]3[C@H]([C@@H]4C=C(CO)[C@@H](O)[C@@]2(O)CC4=O)C3(C)C)C2(CCCCC2)OC1=O. The highest BCUT2D eigenvalue weighted by molar-refractivity contribution is 6.05. The Kier molecular flexibility index (Phi) is 7.46. The van der Waals surface area contributed by atoms with E-state index in [1.54, 1.807) is 19.9 Å². The van der Waals surface area contributed by atoms with Crippen molar-refractivity contribution in [3.8, 4) is 0 Å². The molecule has 1 spiro atoms. The van der Waals surface area contributed by atoms with Crippen LogP contribution in [0, 0.1) is 29.1 Å². The number of carbonyl (C=O) groups excluding carboxylic acids is 3. The Balaban J connectivity index is 1.57. The number of Topliss-reactive ketones (excluding diaryl/α,β-unsaturated/α-hetero) is 1. The van der Waals surface area contributed by atoms with Gasteiger partial charge in [0.1, 0.15) is 23.1 Å². The first-order valence-corrected chi connectivity index (χ1v) is 14.8. The van der Waals surface area contributed by atoms with Crippen molar-refractivity contribution in [3.05, 3.63) is 34.4 Å². The highest BCUT2D eigenvalue weighted by Crippen LogP contribution is 2.65. The number of ketones is 1. The summed E-state index contributed by atoms with van der Waals surface area (Å²) in [6, 6.07) is 0. The van der Waals surface area contributed by atoms with Gasteiger partial charge in [0.05, 0.1) is 12.2 Å². The van der Waals surface area contributed by atoms with Crippen molar-refractivity contribution in [3.63, 3.8) is 0 Å². The predicted molar refractivity (Wildman–Crippen MR) is 147 cm³/mol. The number of carbonyl (C=O) groups is 3. The lowest BCUT2D eigenvalue weighted by atomic mass is 9.77. The fraction of sp³-hybridized carbons (Fsp3) is 0.719. The van der Waals surface area contributed by atoms with Crippen molar-refractivity contribution in [2.75, 3.05) is 6.61 Å². The standard InChI is InChI=1S/C32H44O8/c1-17-9-10-18(2)27(39-29(37)24-19(3)28(36)40-31(24)11-7-6-8-12-31)32(38)15-23(34)21(14-20(16-33)26(32)35)25-22(13-17)30(25,4)5/h10,14,17,21-22,25-27,33,35,38H,6-9,11-13,15-16H2,1-5H3/b18-10-/t17-,21+,22+,25-,26+,27-,32-/m0/s1. The molecule has 0 aromatic rings. The second-order valence-corrected chi connectivity index (χ2v) is 13.7. The largest absolute Gasteiger partial charge is 0.451 e. The van der Waals surface area contributed by atoms with Crippen LogP contribution in [0.5, 0.6) is 0 Å². The van der Waals surface area contributed by atoms with Crippen LogP contribution in [0.1, 0.15) is 86.0 Å². The number of rotatable bonds is 3. The Morgan fingerprint density at radius 1 is 1.15 bits per heavy atom. The van der Waals surface area contributed by atoms with E-state index in [-0.39, 0.29) is 39.8 Å². The van der Waals surface area contributed by atoms with Crippen molar-refractivity contribution in [2.45, 2.75) is 109 Å². The highest BCUT2D eigenvalue weighted by atomic mass is 16.6. The van der Waals surface area contributed by atoms with Crippen LogP contribution < -0.4 is 0 Å². The number of aliphatic hydroxyl groups is 3. The van der Waals surface area contributed by atoms with Gasteiger partial charge >= 0.3 is 11.9 Å². The fourth-order valence-electron chi connectivity index (χ4n) is 8.20. The minimum absolute atomic E-state index is 0.0321. The fourth-order valence-corrected chi connectivity index (χ4v) is 8.20. The summed E-state index contributed by atoms with van der Waals surface area (Å²) in [7, 11) is 0. The van der Waals surface area contributed by atoms with Gasteiger partial charge in [0, 0.05) is 17.9 Å². The van der Waals surface area contributed by atoms with Gasteiger partial charge in [0.15, 0.2) is 6.10 Å². The first kappa shape index (κ1) is 29.2. The summed E-state index contributed by atoms with van der Waals surface area (Å²) in [5.41, 5.74) is -2.32. The summed E-state index contributed by atoms with van der Waals surface area (Å²) in [4.78, 5) is 40.4. The number of allylic oxidation sites excluding steroid dienone is 2. The molecule has 1 heterocycles. The van der Waals surface area contributed by atoms with Gasteiger partial charge in [-0.2, -0.15) is 0 Å². The number of esters is 2. The molecule has 8 heteroatoms. The summed E-state index contributed by atoms with van der Waals surface area (Å²) in [5.74, 6) is -1.52. The van der Waals surface area contributed by atoms with E-state index < -0.39 is 54.3 Å². The van der Waals surface area contributed by atoms with Gasteiger partial charge in [0.2, 0.25) is 0 Å². The summed E-state index contributed by atoms with van der Waals surface area (Å²) in [6.45, 7) is 9.19. The van der Waals surface area contributed by atoms with Crippen molar-refractivity contribution >= 4 is 17.7 Å². The monoisotopic (exact) mass is 556 g/mol. The molecule has 0 amide bonds. The minimum atomic E-state index is -2.20. The average molecular weight is 557 g/mol. The summed E-state index contributed by atoms with van der Waals surface area (Å²) >= 11 is 0. The molecule has 5 rings (SSSR count). The van der Waals surface area contributed by atoms with Crippen molar-refractivity contribution in [2.24, 2.45) is 29.1 Å². The van der Waals surface area contributed by atoms with Gasteiger partial charge in [-0.3, -0.25) is 4.79 Å². The molecule has 220 valence electrons. The third-order valence-corrected chi connectivity index (χ3v) is 10.6. The van der Waals surface area contributed by atoms with Crippen LogP contribution in [0.4, 0.5) is 0 Å². The molecule has 0 saturated heterocycles. The molecule has 7 atom stereocenters. The molecule has 40 heavy (non-hydrogen) atoms. The summed E-state index contributed by atoms with van der Waals surface area (Å²) in [6.07, 6.45) is 5.33. The lowest BCUT2D eigenvalue weighted by molar-refractivity contribution is -0.175. The van der Waals surface area contributed by atoms with Gasteiger partial charge in [-0.15, -0.1) is 0 Å². The van der Waals surface area contributed by atoms with E-state index in [1.165, 1.54) is 0 Å². The van der Waals surface area contributed by atoms with Crippen LogP contribution in [-0.2, 0) is 23.9 Å². The number of aliphatic hydroxyl groups excluding tert-OH is 2. The first-order chi connectivity index (χ1) is 18.8. The van der Waals surface area contributed by atoms with Crippen LogP contribution in [0.25, 0.3) is 0 Å². The zero-order chi connectivity index (χ0) is 29.2. The topological polar surface area (TPSA) is 130 Å². The van der Waals surface area contributed by atoms with E-state index in [1.807, 2.05) is 6.08 Å². The minimum Gasteiger partial charge on any atom is -0.451 e. The number of hydrogen-bond donors (Lipinski definition) is 3. The molecule has 2 saturated carbocycles. The van der Waals surface area contributed by atoms with E-state index in [0.29, 0.717) is 30.8 Å². The number of hydrogen-bond acceptors (Lipinski definition) is 8. The Morgan fingerprint density at radius 3 is 2.48 bits per heavy atom. The second kappa shape index (κ2) is 10.2. The van der Waals surface area contributed by atoms with Gasteiger partial charge in [-0.05, 0) is 86.7 Å². The molecule has 0 aromatic heterocycles. The van der Waals surface area contributed by atoms with Crippen LogP contribution in [0.2, 0.25) is 0 Å². The molecule has 0 unspecified atom stereocenters. The zero-order valence-corrected chi connectivity index (χ0v) is 24.4. The Labute approximate surface area is 236 Å². The average Bonchev–Trinajstić information content (AvgIpc) is 3.36. The second-order valence-electron chi connectivity index (χ2n) is 13.7. The lowest BCUT2D eigenvalue weighted by Crippen LogP contribution is -2.56. The quantitative estimate of drug-likeness (QED) is 0.354. The van der Waals surface area contributed by atoms with Crippen LogP contribution >= 0.6 is 0 Å². The zero-order valence-electron chi connectivity index (χ0n) is 24.4. The molecule has 0 radical (unpaired) electrons. The predicted octanol–water partition coefficient (Wildman–Crippen LogP) is 3.72. The molecule has 2 bridgehead atoms. The molecule has 4 aliphatic carbocycles. The molecule has 8 nitrogen and oxygen atoms in total. The van der Waals surface area contributed by atoms with Crippen LogP contribution in [0.15, 0.2) is 34.4 Å². The van der Waals surface area contributed by atoms with E-state index in [4.69, 9.17) is 9.47 Å². The van der Waals surface area contributed by atoms with Gasteiger partial charge < -0.3 is 24.8 Å². The summed E-state index contributed by atoms with van der Waals surface area (Å²) in [5, 5.41) is 34.0. The van der Waals surface area contributed by atoms with Gasteiger partial charge in [-0.1, -0.05) is 39.3 Å². The maximum Gasteiger partial charge on any atom is 0.339 e. The summed E-state index contributed by atoms with van der Waals surface area (Å²) < 4.78 is 11.8. The van der Waals surface area contributed by atoms with Crippen LogP contribution in [-0.4, -0.2) is 63.1 Å². The Bertz CT molecular complexity index is 1190. The smallest absolute Gasteiger partial charge is 0.339 e. The molecule has 1 aliphatic heterocycles. The third-order valence-electron chi connectivity index (χ3n) is 10.6. The highest BCUT2D eigenvalue weighted by Gasteiger charge is 2.63. The number of fused-ring (bicyclic) bond motifs is 5. The molecule has 5 aliphatic rings. The molecule has 2 fully saturated rings. The molecular weight excluding hydrogens is 512 g/mol. The van der Waals surface area contributed by atoms with Crippen molar-refractivity contribution in [1.29, 1.82) is 0 Å². The van der Waals surface area contributed by atoms with Crippen molar-refractivity contribution in [1.82, 2.24) is 0 Å². The van der Waals surface area contributed by atoms with Gasteiger partial charge in [-0.25, -0.2) is 9.59 Å². The lowest BCUT2D eigenvalue weighted by Gasteiger charge is -2.40. The molecule has 3 N–H and O–H groups in total. The maximum atomic E-state index is 13.9. The number of ether oxygens (including phenoxy) is 2. The van der Waals surface area contributed by atoms with Gasteiger partial charge in [0.25, 0.3) is 0 Å². The maximum absolute atomic E-state index is 13.9. The third kappa shape index (κ3) is 4.60. The normalized spacial score (nSPS) is 40.2. The Morgan fingerprint density at radius 2 is 1.82 bits per heavy atom. The van der Waals surface area contributed by atoms with E-state index in [9.17, 15) is 29.7 Å². The first-order valence-electron chi connectivity index (χ1n) is 14.8. The van der Waals surface area contributed by atoms with E-state index in [0.717, 1.165) is 25.7 Å². The Hall–Kier alpha value is -2.29. The molecule has 0 aromatic carbocycles.